The maximum absolute atomic E-state index is 12.9. The number of aliphatic hydroxyl groups excluding tert-OH is 1. The number of methoxy groups -OCH3 is 1. The zero-order valence-corrected chi connectivity index (χ0v) is 17.8. The normalized spacial score (nSPS) is 17.6. The first kappa shape index (κ1) is 22.1. The molecule has 31 heavy (non-hydrogen) atoms. The van der Waals surface area contributed by atoms with Crippen LogP contribution in [0, 0.1) is 0 Å². The molecule has 1 N–H and O–H groups in total. The second-order valence-electron chi connectivity index (χ2n) is 7.24. The Balaban J connectivity index is 2.13. The van der Waals surface area contributed by atoms with Crippen molar-refractivity contribution in [3.8, 4) is 11.5 Å². The average Bonchev–Trinajstić information content (AvgIpc) is 3.01. The Morgan fingerprint density at radius 2 is 1.81 bits per heavy atom. The van der Waals surface area contributed by atoms with Crippen molar-refractivity contribution in [3.05, 3.63) is 65.2 Å². The minimum Gasteiger partial charge on any atom is -0.507 e. The third-order valence-corrected chi connectivity index (χ3v) is 5.09. The van der Waals surface area contributed by atoms with Crippen molar-refractivity contribution in [3.63, 3.8) is 0 Å². The van der Waals surface area contributed by atoms with Crippen LogP contribution in [-0.4, -0.2) is 41.3 Å². The number of hydrogen-bond acceptors (Lipinski definition) is 6. The van der Waals surface area contributed by atoms with Crippen LogP contribution in [0.1, 0.15) is 43.9 Å². The van der Waals surface area contributed by atoms with Crippen molar-refractivity contribution >= 4 is 23.4 Å². The lowest BCUT2D eigenvalue weighted by molar-refractivity contribution is -0.139. The number of aliphatic hydroxyl groups is 1. The van der Waals surface area contributed by atoms with Crippen molar-refractivity contribution < 1.29 is 29.0 Å². The summed E-state index contributed by atoms with van der Waals surface area (Å²) in [5.74, 6) is -1.24. The van der Waals surface area contributed by atoms with Gasteiger partial charge in [0.25, 0.3) is 11.7 Å². The average molecular weight is 423 g/mol. The van der Waals surface area contributed by atoms with Gasteiger partial charge in [0.2, 0.25) is 0 Å². The van der Waals surface area contributed by atoms with E-state index < -0.39 is 23.7 Å². The Kier molecular flexibility index (Phi) is 6.74. The highest BCUT2D eigenvalue weighted by Gasteiger charge is 2.45. The van der Waals surface area contributed by atoms with Crippen LogP contribution in [0.2, 0.25) is 0 Å². The molecule has 0 saturated carbocycles. The number of benzene rings is 2. The first-order valence-corrected chi connectivity index (χ1v) is 10.1. The van der Waals surface area contributed by atoms with Gasteiger partial charge < -0.3 is 19.5 Å². The molecule has 7 heteroatoms. The second kappa shape index (κ2) is 9.47. The number of unbranched alkanes of at least 4 members (excludes halogenated alkanes) is 1. The van der Waals surface area contributed by atoms with Gasteiger partial charge in [0.15, 0.2) is 0 Å². The monoisotopic (exact) mass is 423 g/mol. The number of hydrogen-bond donors (Lipinski definition) is 1. The van der Waals surface area contributed by atoms with Crippen molar-refractivity contribution in [1.29, 1.82) is 0 Å². The summed E-state index contributed by atoms with van der Waals surface area (Å²) in [6, 6.07) is 12.4. The molecule has 0 spiro atoms. The quantitative estimate of drug-likeness (QED) is 0.239. The van der Waals surface area contributed by atoms with Gasteiger partial charge in [-0.15, -0.1) is 0 Å². The van der Waals surface area contributed by atoms with Crippen LogP contribution in [0.3, 0.4) is 0 Å². The molecule has 7 nitrogen and oxygen atoms in total. The van der Waals surface area contributed by atoms with E-state index in [4.69, 9.17) is 9.47 Å². The molecular weight excluding hydrogens is 398 g/mol. The highest BCUT2D eigenvalue weighted by Crippen LogP contribution is 2.40. The maximum Gasteiger partial charge on any atom is 0.308 e. The lowest BCUT2D eigenvalue weighted by Gasteiger charge is -2.25. The zero-order chi connectivity index (χ0) is 22.5. The molecule has 2 aromatic rings. The van der Waals surface area contributed by atoms with Crippen molar-refractivity contribution in [2.24, 2.45) is 0 Å². The predicted octanol–water partition coefficient (Wildman–Crippen LogP) is 3.84. The van der Waals surface area contributed by atoms with Gasteiger partial charge in [-0.25, -0.2) is 0 Å². The van der Waals surface area contributed by atoms with E-state index in [2.05, 4.69) is 0 Å². The molecule has 0 bridgehead atoms. The van der Waals surface area contributed by atoms with Gasteiger partial charge in [-0.1, -0.05) is 25.5 Å². The largest absolute Gasteiger partial charge is 0.507 e. The number of rotatable bonds is 7. The van der Waals surface area contributed by atoms with Crippen LogP contribution in [0.4, 0.5) is 0 Å². The van der Waals surface area contributed by atoms with Crippen molar-refractivity contribution in [2.75, 3.05) is 13.7 Å². The number of carbonyl (C=O) groups excluding carboxylic acids is 3. The topological polar surface area (TPSA) is 93.1 Å². The Bertz CT molecular complexity index is 1020. The van der Waals surface area contributed by atoms with E-state index >= 15 is 0 Å². The van der Waals surface area contributed by atoms with E-state index in [1.807, 2.05) is 6.92 Å². The van der Waals surface area contributed by atoms with Crippen LogP contribution < -0.4 is 9.47 Å². The summed E-state index contributed by atoms with van der Waals surface area (Å²) >= 11 is 0. The number of ketones is 1. The molecule has 2 aromatic carbocycles. The summed E-state index contributed by atoms with van der Waals surface area (Å²) in [5.41, 5.74) is 0.978. The van der Waals surface area contributed by atoms with Crippen LogP contribution in [0.5, 0.6) is 11.5 Å². The molecule has 1 atom stereocenters. The molecule has 162 valence electrons. The summed E-state index contributed by atoms with van der Waals surface area (Å²) in [5, 5.41) is 11.0. The number of esters is 1. The molecule has 1 amide bonds. The summed E-state index contributed by atoms with van der Waals surface area (Å²) < 4.78 is 10.3. The third-order valence-electron chi connectivity index (χ3n) is 5.09. The molecule has 1 aliphatic heterocycles. The molecule has 0 radical (unpaired) electrons. The van der Waals surface area contributed by atoms with Crippen LogP contribution in [-0.2, 0) is 14.4 Å². The Morgan fingerprint density at radius 1 is 1.10 bits per heavy atom. The second-order valence-corrected chi connectivity index (χ2v) is 7.24. The number of carbonyl (C=O) groups is 3. The van der Waals surface area contributed by atoms with Crippen LogP contribution >= 0.6 is 0 Å². The summed E-state index contributed by atoms with van der Waals surface area (Å²) in [7, 11) is 1.53. The van der Waals surface area contributed by atoms with Gasteiger partial charge in [0.05, 0.1) is 18.7 Å². The maximum atomic E-state index is 12.9. The minimum atomic E-state index is -0.788. The highest BCUT2D eigenvalue weighted by atomic mass is 16.5. The van der Waals surface area contributed by atoms with Gasteiger partial charge >= 0.3 is 5.97 Å². The lowest BCUT2D eigenvalue weighted by atomic mass is 9.95. The Hall–Kier alpha value is -3.61. The SMILES string of the molecule is CCCCN1C(=O)C(=O)/C(=C(\O)c2ccc(OC)cc2)C1c1cccc(OC(C)=O)c1. The van der Waals surface area contributed by atoms with E-state index in [1.54, 1.807) is 48.5 Å². The number of nitrogens with zero attached hydrogens (tertiary/aromatic N) is 1. The van der Waals surface area contributed by atoms with Gasteiger partial charge in [-0.3, -0.25) is 14.4 Å². The summed E-state index contributed by atoms with van der Waals surface area (Å²) in [4.78, 5) is 38.6. The van der Waals surface area contributed by atoms with Crippen molar-refractivity contribution in [1.82, 2.24) is 4.90 Å². The first-order valence-electron chi connectivity index (χ1n) is 10.1. The van der Waals surface area contributed by atoms with E-state index in [0.717, 1.165) is 6.42 Å². The smallest absolute Gasteiger partial charge is 0.308 e. The molecule has 1 heterocycles. The Morgan fingerprint density at radius 3 is 2.42 bits per heavy atom. The Labute approximate surface area is 180 Å². The number of Topliss-reactive ketones (excluding diaryl/α,β-unsaturated/α-hetero) is 1. The van der Waals surface area contributed by atoms with Gasteiger partial charge in [-0.2, -0.15) is 0 Å². The lowest BCUT2D eigenvalue weighted by Crippen LogP contribution is -2.30. The van der Waals surface area contributed by atoms with Gasteiger partial charge in [0, 0.05) is 19.0 Å². The molecule has 1 saturated heterocycles. The van der Waals surface area contributed by atoms with E-state index in [9.17, 15) is 19.5 Å². The third kappa shape index (κ3) is 4.60. The van der Waals surface area contributed by atoms with Crippen LogP contribution in [0.25, 0.3) is 5.76 Å². The highest BCUT2D eigenvalue weighted by molar-refractivity contribution is 6.46. The molecule has 1 fully saturated rings. The predicted molar refractivity (Wildman–Crippen MR) is 115 cm³/mol. The van der Waals surface area contributed by atoms with Gasteiger partial charge in [-0.05, 0) is 48.4 Å². The molecule has 0 aliphatic carbocycles. The number of amides is 1. The van der Waals surface area contributed by atoms with E-state index in [0.29, 0.717) is 35.6 Å². The fourth-order valence-electron chi connectivity index (χ4n) is 3.60. The molecule has 1 unspecified atom stereocenters. The zero-order valence-electron chi connectivity index (χ0n) is 17.8. The number of likely N-dealkylation sites (tertiary alicyclic amines) is 1. The minimum absolute atomic E-state index is 0.00578. The molecule has 3 rings (SSSR count). The first-order chi connectivity index (χ1) is 14.9. The summed E-state index contributed by atoms with van der Waals surface area (Å²) in [6.07, 6.45) is 1.54. The van der Waals surface area contributed by atoms with Crippen molar-refractivity contribution in [2.45, 2.75) is 32.7 Å². The molecular formula is C24H25NO6. The van der Waals surface area contributed by atoms with E-state index in [1.165, 1.54) is 18.9 Å². The van der Waals surface area contributed by atoms with E-state index in [-0.39, 0.29) is 11.3 Å². The fraction of sp³-hybridized carbons (Fsp3) is 0.292. The van der Waals surface area contributed by atoms with Gasteiger partial charge in [0.1, 0.15) is 17.3 Å². The number of ether oxygens (including phenoxy) is 2. The summed E-state index contributed by atoms with van der Waals surface area (Å²) in [6.45, 7) is 3.65. The molecule has 0 aromatic heterocycles. The molecule has 1 aliphatic rings. The fourth-order valence-corrected chi connectivity index (χ4v) is 3.60. The van der Waals surface area contributed by atoms with Crippen LogP contribution in [0.15, 0.2) is 54.1 Å². The standard InChI is InChI=1S/C24H25NO6/c1-4-5-13-25-21(17-7-6-8-19(14-17)31-15(2)26)20(23(28)24(25)29)22(27)16-9-11-18(30-3)12-10-16/h6-12,14,21,27H,4-5,13H2,1-3H3/b22-20-.